The summed E-state index contributed by atoms with van der Waals surface area (Å²) in [5.41, 5.74) is 0.298. The zero-order chi connectivity index (χ0) is 19.3. The molecule has 1 aliphatic carbocycles. The number of rotatable bonds is 7. The van der Waals surface area contributed by atoms with E-state index in [2.05, 4.69) is 47.7 Å². The molecule has 0 aromatic rings. The molecule has 0 amide bonds. The summed E-state index contributed by atoms with van der Waals surface area (Å²) < 4.78 is 12.5. The van der Waals surface area contributed by atoms with Gasteiger partial charge in [-0.1, -0.05) is 53.5 Å². The minimum absolute atomic E-state index is 0.0192. The largest absolute Gasteiger partial charge is 0.457 e. The highest BCUT2D eigenvalue weighted by atomic mass is 28.4. The molecule has 0 N–H and O–H groups in total. The van der Waals surface area contributed by atoms with Gasteiger partial charge in [-0.15, -0.1) is 0 Å². The monoisotopic (exact) mass is 368 g/mol. The van der Waals surface area contributed by atoms with E-state index in [-0.39, 0.29) is 23.2 Å². The lowest BCUT2D eigenvalue weighted by atomic mass is 9.70. The first kappa shape index (κ1) is 22.4. The van der Waals surface area contributed by atoms with E-state index in [1.165, 1.54) is 25.3 Å². The highest BCUT2D eigenvalue weighted by Gasteiger charge is 2.45. The Kier molecular flexibility index (Phi) is 7.94. The second-order valence-electron chi connectivity index (χ2n) is 9.55. The van der Waals surface area contributed by atoms with Crippen molar-refractivity contribution in [1.82, 2.24) is 0 Å². The third kappa shape index (κ3) is 6.56. The molecule has 3 atom stereocenters. The van der Waals surface area contributed by atoms with E-state index in [0.717, 1.165) is 19.3 Å². The van der Waals surface area contributed by atoms with E-state index in [0.29, 0.717) is 5.41 Å². The molecular formula is C21H40O3Si. The van der Waals surface area contributed by atoms with Crippen molar-refractivity contribution in [2.24, 2.45) is 5.41 Å². The maximum absolute atomic E-state index is 12.0. The lowest BCUT2D eigenvalue weighted by Crippen LogP contribution is -2.51. The average Bonchev–Trinajstić information content (AvgIpc) is 2.47. The second kappa shape index (κ2) is 8.85. The Morgan fingerprint density at radius 3 is 2.44 bits per heavy atom. The van der Waals surface area contributed by atoms with Crippen LogP contribution in [0.1, 0.15) is 80.1 Å². The number of unbranched alkanes of at least 4 members (excludes halogenated alkanes) is 1. The number of carbonyl (C=O) groups is 1. The molecule has 3 nitrogen and oxygen atoms in total. The Hall–Kier alpha value is -0.613. The summed E-state index contributed by atoms with van der Waals surface area (Å²) in [6, 6.07) is 0. The molecular weight excluding hydrogens is 328 g/mol. The first-order valence-electron chi connectivity index (χ1n) is 9.95. The third-order valence-corrected chi connectivity index (χ3v) is 10.6. The van der Waals surface area contributed by atoms with Crippen molar-refractivity contribution in [3.8, 4) is 0 Å². The number of esters is 1. The van der Waals surface area contributed by atoms with E-state index in [4.69, 9.17) is 9.16 Å². The van der Waals surface area contributed by atoms with Crippen LogP contribution in [-0.4, -0.2) is 26.5 Å². The summed E-state index contributed by atoms with van der Waals surface area (Å²) in [7, 11) is -1.91. The standard InChI is InChI=1S/C21H40O3Si/c1-9-11-14-21(6)15-13-17(23-19(22)12-10-2)18(16-21)24-25(7,8)20(3,4)5/h10,12,17-18H,9,11,13-16H2,1-8H3. The van der Waals surface area contributed by atoms with Crippen molar-refractivity contribution in [2.45, 2.75) is 110 Å². The quantitative estimate of drug-likeness (QED) is 0.303. The smallest absolute Gasteiger partial charge is 0.330 e. The minimum atomic E-state index is -1.91. The Balaban J connectivity index is 2.95. The molecule has 0 aliphatic heterocycles. The zero-order valence-electron chi connectivity index (χ0n) is 17.8. The molecule has 4 heteroatoms. The van der Waals surface area contributed by atoms with Gasteiger partial charge in [0.05, 0.1) is 6.10 Å². The van der Waals surface area contributed by atoms with Gasteiger partial charge in [-0.05, 0) is 56.2 Å². The van der Waals surface area contributed by atoms with Crippen LogP contribution < -0.4 is 0 Å². The van der Waals surface area contributed by atoms with Crippen LogP contribution in [0.4, 0.5) is 0 Å². The van der Waals surface area contributed by atoms with Gasteiger partial charge in [0.2, 0.25) is 0 Å². The molecule has 1 fully saturated rings. The van der Waals surface area contributed by atoms with Crippen LogP contribution in [0.25, 0.3) is 0 Å². The normalized spacial score (nSPS) is 28.3. The fraction of sp³-hybridized carbons (Fsp3) is 0.857. The molecule has 0 heterocycles. The fourth-order valence-corrected chi connectivity index (χ4v) is 4.70. The topological polar surface area (TPSA) is 35.5 Å². The maximum atomic E-state index is 12.0. The molecule has 25 heavy (non-hydrogen) atoms. The first-order chi connectivity index (χ1) is 11.4. The zero-order valence-corrected chi connectivity index (χ0v) is 18.8. The van der Waals surface area contributed by atoms with Crippen LogP contribution in [0.15, 0.2) is 12.2 Å². The van der Waals surface area contributed by atoms with Crippen LogP contribution in [0.5, 0.6) is 0 Å². The van der Waals surface area contributed by atoms with Gasteiger partial charge in [0, 0.05) is 6.08 Å². The molecule has 0 aromatic heterocycles. The maximum Gasteiger partial charge on any atom is 0.330 e. The van der Waals surface area contributed by atoms with Crippen LogP contribution >= 0.6 is 0 Å². The summed E-state index contributed by atoms with van der Waals surface area (Å²) in [5, 5.41) is 0.155. The van der Waals surface area contributed by atoms with Gasteiger partial charge in [-0.2, -0.15) is 0 Å². The van der Waals surface area contributed by atoms with Gasteiger partial charge >= 0.3 is 5.97 Å². The van der Waals surface area contributed by atoms with Crippen molar-refractivity contribution in [3.63, 3.8) is 0 Å². The molecule has 0 bridgehead atoms. The summed E-state index contributed by atoms with van der Waals surface area (Å²) in [4.78, 5) is 12.0. The number of hydrogen-bond donors (Lipinski definition) is 0. The van der Waals surface area contributed by atoms with Crippen LogP contribution in [0.3, 0.4) is 0 Å². The number of allylic oxidation sites excluding steroid dienone is 1. The molecule has 1 aliphatic rings. The predicted molar refractivity (Wildman–Crippen MR) is 108 cm³/mol. The van der Waals surface area contributed by atoms with Gasteiger partial charge < -0.3 is 9.16 Å². The SMILES string of the molecule is CC=CC(=O)OC1CCC(C)(CCCC)CC1O[Si](C)(C)C(C)(C)C. The van der Waals surface area contributed by atoms with Crippen LogP contribution in [0.2, 0.25) is 18.1 Å². The Labute approximate surface area is 156 Å². The Morgan fingerprint density at radius 1 is 1.28 bits per heavy atom. The summed E-state index contributed by atoms with van der Waals surface area (Å²) in [6.45, 7) is 17.8. The fourth-order valence-electron chi connectivity index (χ4n) is 3.36. The van der Waals surface area contributed by atoms with Gasteiger partial charge in [0.1, 0.15) is 6.10 Å². The van der Waals surface area contributed by atoms with E-state index in [1.54, 1.807) is 6.08 Å². The first-order valence-corrected chi connectivity index (χ1v) is 12.9. The Morgan fingerprint density at radius 2 is 1.92 bits per heavy atom. The van der Waals surface area contributed by atoms with Crippen molar-refractivity contribution in [1.29, 1.82) is 0 Å². The van der Waals surface area contributed by atoms with E-state index in [9.17, 15) is 4.79 Å². The summed E-state index contributed by atoms with van der Waals surface area (Å²) >= 11 is 0. The van der Waals surface area contributed by atoms with Crippen molar-refractivity contribution in [3.05, 3.63) is 12.2 Å². The lowest BCUT2D eigenvalue weighted by molar-refractivity contribution is -0.154. The Bertz CT molecular complexity index is 464. The van der Waals surface area contributed by atoms with Crippen molar-refractivity contribution in [2.75, 3.05) is 0 Å². The van der Waals surface area contributed by atoms with Crippen molar-refractivity contribution < 1.29 is 14.0 Å². The molecule has 0 spiro atoms. The van der Waals surface area contributed by atoms with Gasteiger partial charge in [-0.25, -0.2) is 4.79 Å². The average molecular weight is 369 g/mol. The number of hydrogen-bond acceptors (Lipinski definition) is 3. The van der Waals surface area contributed by atoms with Gasteiger partial charge in [0.15, 0.2) is 8.32 Å². The van der Waals surface area contributed by atoms with Gasteiger partial charge in [-0.3, -0.25) is 0 Å². The van der Waals surface area contributed by atoms with Gasteiger partial charge in [0.25, 0.3) is 0 Å². The molecule has 0 aromatic carbocycles. The molecule has 3 unspecified atom stereocenters. The van der Waals surface area contributed by atoms with Crippen LogP contribution in [0, 0.1) is 5.41 Å². The molecule has 146 valence electrons. The minimum Gasteiger partial charge on any atom is -0.457 e. The number of carbonyl (C=O) groups excluding carboxylic acids is 1. The van der Waals surface area contributed by atoms with E-state index in [1.807, 2.05) is 6.92 Å². The van der Waals surface area contributed by atoms with E-state index < -0.39 is 8.32 Å². The molecule has 0 saturated heterocycles. The second-order valence-corrected chi connectivity index (χ2v) is 14.3. The molecule has 0 radical (unpaired) electrons. The van der Waals surface area contributed by atoms with Crippen molar-refractivity contribution >= 4 is 14.3 Å². The predicted octanol–water partition coefficient (Wildman–Crippen LogP) is 6.25. The summed E-state index contributed by atoms with van der Waals surface area (Å²) in [5.74, 6) is -0.242. The third-order valence-electron chi connectivity index (χ3n) is 6.10. The molecule has 1 saturated carbocycles. The summed E-state index contributed by atoms with van der Waals surface area (Å²) in [6.07, 6.45) is 9.87. The highest BCUT2D eigenvalue weighted by molar-refractivity contribution is 6.74. The lowest BCUT2D eigenvalue weighted by Gasteiger charge is -2.47. The highest BCUT2D eigenvalue weighted by Crippen LogP contribution is 2.45. The number of ether oxygens (including phenoxy) is 1. The molecule has 1 rings (SSSR count). The van der Waals surface area contributed by atoms with Crippen LogP contribution in [-0.2, 0) is 14.0 Å². The van der Waals surface area contributed by atoms with E-state index >= 15 is 0 Å².